The third-order valence-electron chi connectivity index (χ3n) is 3.84. The number of esters is 1. The van der Waals surface area contributed by atoms with Gasteiger partial charge in [0, 0.05) is 12.6 Å². The number of nitrogens with one attached hydrogen (secondary N) is 1. The Morgan fingerprint density at radius 3 is 2.81 bits per heavy atom. The van der Waals surface area contributed by atoms with Crippen LogP contribution < -0.4 is 15.8 Å². The van der Waals surface area contributed by atoms with E-state index >= 15 is 0 Å². The SMILES string of the molecule is CC#CCN(C)[C@H](CNCC(N)=O)Cc1cccc(OCC(=O)OCC)c1. The highest BCUT2D eigenvalue weighted by molar-refractivity contribution is 5.75. The largest absolute Gasteiger partial charge is 0.482 e. The monoisotopic (exact) mass is 375 g/mol. The summed E-state index contributed by atoms with van der Waals surface area (Å²) in [6.45, 7) is 5.12. The smallest absolute Gasteiger partial charge is 0.344 e. The van der Waals surface area contributed by atoms with Gasteiger partial charge in [0.2, 0.25) is 5.91 Å². The van der Waals surface area contributed by atoms with E-state index in [1.54, 1.807) is 19.9 Å². The summed E-state index contributed by atoms with van der Waals surface area (Å²) < 4.78 is 10.4. The maximum atomic E-state index is 11.4. The number of carbonyl (C=O) groups is 2. The minimum Gasteiger partial charge on any atom is -0.482 e. The molecule has 0 aromatic heterocycles. The van der Waals surface area contributed by atoms with Gasteiger partial charge in [-0.05, 0) is 45.0 Å². The van der Waals surface area contributed by atoms with E-state index in [0.717, 1.165) is 12.0 Å². The molecule has 0 heterocycles. The Bertz CT molecular complexity index is 667. The van der Waals surface area contributed by atoms with Crippen LogP contribution in [0.25, 0.3) is 0 Å². The molecular weight excluding hydrogens is 346 g/mol. The summed E-state index contributed by atoms with van der Waals surface area (Å²) in [7, 11) is 1.99. The van der Waals surface area contributed by atoms with Gasteiger partial charge in [-0.15, -0.1) is 5.92 Å². The van der Waals surface area contributed by atoms with Gasteiger partial charge in [-0.2, -0.15) is 0 Å². The van der Waals surface area contributed by atoms with E-state index in [1.807, 2.05) is 25.2 Å². The van der Waals surface area contributed by atoms with Gasteiger partial charge in [0.05, 0.1) is 19.7 Å². The summed E-state index contributed by atoms with van der Waals surface area (Å²) in [5.41, 5.74) is 6.25. The molecule has 0 aliphatic heterocycles. The number of benzene rings is 1. The first-order valence-corrected chi connectivity index (χ1v) is 8.92. The predicted octanol–water partition coefficient (Wildman–Crippen LogP) is 0.570. The molecule has 0 saturated heterocycles. The summed E-state index contributed by atoms with van der Waals surface area (Å²) in [6.07, 6.45) is 0.726. The highest BCUT2D eigenvalue weighted by Gasteiger charge is 2.15. The molecule has 1 amide bonds. The molecule has 148 valence electrons. The molecule has 0 bridgehead atoms. The number of amides is 1. The molecular formula is C20H29N3O4. The third-order valence-corrected chi connectivity index (χ3v) is 3.84. The van der Waals surface area contributed by atoms with Crippen molar-refractivity contribution < 1.29 is 19.1 Å². The van der Waals surface area contributed by atoms with Crippen LogP contribution in [0.5, 0.6) is 5.75 Å². The summed E-state index contributed by atoms with van der Waals surface area (Å²) >= 11 is 0. The van der Waals surface area contributed by atoms with E-state index in [1.165, 1.54) is 0 Å². The van der Waals surface area contributed by atoms with Crippen molar-refractivity contribution in [2.24, 2.45) is 5.73 Å². The molecule has 0 spiro atoms. The van der Waals surface area contributed by atoms with Crippen LogP contribution in [0.15, 0.2) is 24.3 Å². The summed E-state index contributed by atoms with van der Waals surface area (Å²) in [5, 5.41) is 3.07. The van der Waals surface area contributed by atoms with Crippen LogP contribution in [0.1, 0.15) is 19.4 Å². The maximum Gasteiger partial charge on any atom is 0.344 e. The number of ether oxygens (including phenoxy) is 2. The minimum absolute atomic E-state index is 0.116. The molecule has 7 nitrogen and oxygen atoms in total. The van der Waals surface area contributed by atoms with Crippen molar-refractivity contribution >= 4 is 11.9 Å². The second kappa shape index (κ2) is 12.7. The average molecular weight is 375 g/mol. The van der Waals surface area contributed by atoms with E-state index in [9.17, 15) is 9.59 Å². The second-order valence-electron chi connectivity index (χ2n) is 6.04. The van der Waals surface area contributed by atoms with Gasteiger partial charge in [-0.1, -0.05) is 18.1 Å². The van der Waals surface area contributed by atoms with Crippen molar-refractivity contribution in [3.8, 4) is 17.6 Å². The van der Waals surface area contributed by atoms with Gasteiger partial charge in [0.25, 0.3) is 0 Å². The van der Waals surface area contributed by atoms with E-state index in [2.05, 4.69) is 22.1 Å². The maximum absolute atomic E-state index is 11.4. The van der Waals surface area contributed by atoms with Gasteiger partial charge in [0.1, 0.15) is 5.75 Å². The minimum atomic E-state index is -0.394. The van der Waals surface area contributed by atoms with Crippen molar-refractivity contribution in [3.63, 3.8) is 0 Å². The number of nitrogens with zero attached hydrogens (tertiary/aromatic N) is 1. The van der Waals surface area contributed by atoms with E-state index in [0.29, 0.717) is 25.4 Å². The average Bonchev–Trinajstić information content (AvgIpc) is 2.64. The zero-order valence-electron chi connectivity index (χ0n) is 16.3. The normalized spacial score (nSPS) is 11.4. The first kappa shape index (κ1) is 22.5. The number of nitrogens with two attached hydrogens (primary N) is 1. The Labute approximate surface area is 161 Å². The Morgan fingerprint density at radius 1 is 1.37 bits per heavy atom. The molecule has 0 fully saturated rings. The molecule has 7 heteroatoms. The molecule has 0 aliphatic rings. The number of carbonyl (C=O) groups excluding carboxylic acids is 2. The fraction of sp³-hybridized carbons (Fsp3) is 0.500. The quantitative estimate of drug-likeness (QED) is 0.410. The Hall–Kier alpha value is -2.56. The van der Waals surface area contributed by atoms with Gasteiger partial charge in [-0.25, -0.2) is 4.79 Å². The lowest BCUT2D eigenvalue weighted by Gasteiger charge is -2.27. The highest BCUT2D eigenvalue weighted by atomic mass is 16.6. The van der Waals surface area contributed by atoms with Crippen LogP contribution >= 0.6 is 0 Å². The van der Waals surface area contributed by atoms with E-state index < -0.39 is 5.97 Å². The molecule has 1 atom stereocenters. The Balaban J connectivity index is 2.73. The molecule has 0 radical (unpaired) electrons. The van der Waals surface area contributed by atoms with Gasteiger partial charge in [0.15, 0.2) is 6.61 Å². The van der Waals surface area contributed by atoms with Gasteiger partial charge >= 0.3 is 5.97 Å². The number of primary amides is 1. The molecule has 1 rings (SSSR count). The number of rotatable bonds is 12. The van der Waals surface area contributed by atoms with Gasteiger partial charge < -0.3 is 20.5 Å². The van der Waals surface area contributed by atoms with Crippen molar-refractivity contribution in [2.45, 2.75) is 26.3 Å². The highest BCUT2D eigenvalue weighted by Crippen LogP contribution is 2.16. The fourth-order valence-corrected chi connectivity index (χ4v) is 2.46. The lowest BCUT2D eigenvalue weighted by Crippen LogP contribution is -2.43. The predicted molar refractivity (Wildman–Crippen MR) is 104 cm³/mol. The zero-order chi connectivity index (χ0) is 20.1. The fourth-order valence-electron chi connectivity index (χ4n) is 2.46. The molecule has 0 unspecified atom stereocenters. The second-order valence-corrected chi connectivity index (χ2v) is 6.04. The Morgan fingerprint density at radius 2 is 2.15 bits per heavy atom. The summed E-state index contributed by atoms with van der Waals surface area (Å²) in [5.74, 6) is 5.77. The van der Waals surface area contributed by atoms with Gasteiger partial charge in [-0.3, -0.25) is 9.69 Å². The number of hydrogen-bond acceptors (Lipinski definition) is 6. The van der Waals surface area contributed by atoms with Crippen LogP contribution in [-0.2, 0) is 20.7 Å². The lowest BCUT2D eigenvalue weighted by molar-refractivity contribution is -0.145. The molecule has 0 aliphatic carbocycles. The first-order valence-electron chi connectivity index (χ1n) is 8.92. The van der Waals surface area contributed by atoms with Crippen molar-refractivity contribution in [3.05, 3.63) is 29.8 Å². The van der Waals surface area contributed by atoms with Crippen molar-refractivity contribution in [2.75, 3.05) is 39.9 Å². The van der Waals surface area contributed by atoms with Crippen molar-refractivity contribution in [1.82, 2.24) is 10.2 Å². The standard InChI is InChI=1S/C20H29N3O4/c1-4-6-10-23(3)17(13-22-14-19(21)24)11-16-8-7-9-18(12-16)27-15-20(25)26-5-2/h7-9,12,17,22H,5,10-11,13-15H2,1-3H3,(H2,21,24)/t17-/m0/s1. The molecule has 27 heavy (non-hydrogen) atoms. The lowest BCUT2D eigenvalue weighted by atomic mass is 10.0. The Kier molecular flexibility index (Phi) is 10.6. The number of hydrogen-bond donors (Lipinski definition) is 2. The zero-order valence-corrected chi connectivity index (χ0v) is 16.3. The molecule has 1 aromatic carbocycles. The number of likely N-dealkylation sites (N-methyl/N-ethyl adjacent to an activating group) is 1. The van der Waals surface area contributed by atoms with E-state index in [4.69, 9.17) is 15.2 Å². The topological polar surface area (TPSA) is 93.9 Å². The summed E-state index contributed by atoms with van der Waals surface area (Å²) in [4.78, 5) is 24.5. The van der Waals surface area contributed by atoms with E-state index in [-0.39, 0.29) is 25.1 Å². The molecule has 3 N–H and O–H groups in total. The van der Waals surface area contributed by atoms with Crippen LogP contribution in [0.2, 0.25) is 0 Å². The van der Waals surface area contributed by atoms with Crippen LogP contribution in [-0.4, -0.2) is 62.7 Å². The first-order chi connectivity index (χ1) is 13.0. The van der Waals surface area contributed by atoms with Crippen LogP contribution in [0, 0.1) is 11.8 Å². The third kappa shape index (κ3) is 9.64. The summed E-state index contributed by atoms with van der Waals surface area (Å²) in [6, 6.07) is 7.70. The molecule has 1 aromatic rings. The van der Waals surface area contributed by atoms with Crippen LogP contribution in [0.4, 0.5) is 0 Å². The van der Waals surface area contributed by atoms with Crippen molar-refractivity contribution in [1.29, 1.82) is 0 Å². The molecule has 0 saturated carbocycles. The van der Waals surface area contributed by atoms with Crippen LogP contribution in [0.3, 0.4) is 0 Å².